The summed E-state index contributed by atoms with van der Waals surface area (Å²) in [4.78, 5) is 28.5. The number of aliphatic hydroxyl groups excluding tert-OH is 1. The van der Waals surface area contributed by atoms with E-state index < -0.39 is 17.6 Å². The average Bonchev–Trinajstić information content (AvgIpc) is 3.49. The van der Waals surface area contributed by atoms with Crippen molar-refractivity contribution >= 4 is 42.7 Å². The summed E-state index contributed by atoms with van der Waals surface area (Å²) in [6.45, 7) is 6.73. The summed E-state index contributed by atoms with van der Waals surface area (Å²) in [5.74, 6) is 0.653. The molecule has 0 unspecified atom stereocenters. The van der Waals surface area contributed by atoms with Gasteiger partial charge in [-0.15, -0.1) is 24.8 Å². The number of carbonyl (C=O) groups is 2. The number of carbonyl (C=O) groups excluding carboxylic acids is 2. The van der Waals surface area contributed by atoms with Crippen molar-refractivity contribution in [3.05, 3.63) is 12.2 Å². The van der Waals surface area contributed by atoms with Crippen LogP contribution in [-0.4, -0.2) is 107 Å². The number of nitrogens with zero attached hydrogens (tertiary/aromatic N) is 2. The zero-order valence-corrected chi connectivity index (χ0v) is 39.5. The Balaban J connectivity index is 0.00000413. The molecule has 5 aliphatic heterocycles. The van der Waals surface area contributed by atoms with E-state index in [4.69, 9.17) is 25.7 Å². The largest absolute Gasteiger partial charge is 1.00 e. The van der Waals surface area contributed by atoms with E-state index in [-0.39, 0.29) is 73.3 Å². The number of halogens is 3. The molecule has 5 rings (SSSR count). The Kier molecular flexibility index (Phi) is 25.9. The third-order valence-electron chi connectivity index (χ3n) is 13.3. The monoisotopic (exact) mass is 909 g/mol. The van der Waals surface area contributed by atoms with Crippen molar-refractivity contribution < 1.29 is 45.9 Å². The normalized spacial score (nSPS) is 28.3. The highest BCUT2D eigenvalue weighted by molar-refractivity contribution is 5.85. The molecule has 8 atom stereocenters. The van der Waals surface area contributed by atoms with Gasteiger partial charge in [-0.25, -0.2) is 10.6 Å². The Morgan fingerprint density at radius 3 is 2.22 bits per heavy atom. The third-order valence-corrected chi connectivity index (χ3v) is 13.3. The lowest BCUT2D eigenvalue weighted by atomic mass is 9.80. The molecule has 0 aromatic carbocycles. The molecule has 12 nitrogen and oxygen atoms in total. The number of nitrogens with two attached hydrogens (primary N) is 2. The topological polar surface area (TPSA) is 164 Å². The Morgan fingerprint density at radius 1 is 0.917 bits per heavy atom. The first-order valence-electron chi connectivity index (χ1n) is 23.5. The van der Waals surface area contributed by atoms with Gasteiger partial charge in [-0.2, -0.15) is 0 Å². The molecule has 350 valence electrons. The minimum atomic E-state index is -0.761. The van der Waals surface area contributed by atoms with Gasteiger partial charge in [0.2, 0.25) is 11.6 Å². The summed E-state index contributed by atoms with van der Waals surface area (Å²) in [6.07, 6.45) is 29.7. The summed E-state index contributed by atoms with van der Waals surface area (Å²) >= 11 is 0. The smallest absolute Gasteiger partial charge is 0.350 e. The number of nitrogens with one attached hydrogen (secondary N) is 2. The first kappa shape index (κ1) is 54.8. The highest BCUT2D eigenvalue weighted by Gasteiger charge is 2.64. The molecule has 1 amide bonds. The maximum atomic E-state index is 14.1. The maximum absolute atomic E-state index is 14.1. The van der Waals surface area contributed by atoms with Crippen molar-refractivity contribution in [1.82, 2.24) is 15.5 Å². The Labute approximate surface area is 381 Å². The second-order valence-electron chi connectivity index (χ2n) is 17.9. The van der Waals surface area contributed by atoms with Gasteiger partial charge in [-0.1, -0.05) is 89.7 Å². The molecular weight excluding hydrogens is 827 g/mol. The van der Waals surface area contributed by atoms with E-state index in [9.17, 15) is 14.7 Å². The number of ether oxygens (including phenoxy) is 3. The van der Waals surface area contributed by atoms with E-state index in [1.54, 1.807) is 4.90 Å². The predicted molar refractivity (Wildman–Crippen MR) is 240 cm³/mol. The highest BCUT2D eigenvalue weighted by atomic mass is 35.5. The molecular formula is C45H83Cl3N6O6. The minimum Gasteiger partial charge on any atom is -1.00 e. The molecule has 0 aliphatic carbocycles. The van der Waals surface area contributed by atoms with E-state index in [2.05, 4.69) is 41.2 Å². The standard InChI is InChI=1S/C45H80N6O6.3ClH/c1-3-38-22-16-17-27-44(57-38)33-36-24-25-39-41(45(28-19-21-35(2)56-45)49-43(48-44)51(36)39)42(54)55-32-18-14-12-10-8-6-4-5-7-9-11-13-15-23-40(53)50(31-20-29-46)34-37(52)26-30-47;;;/h16,22,35-39,41,52H,3-15,17-21,23-34,46-47H2,1-2H3,(H,48,49);3*1H/t35-,36+,37+,38+,39+,41+,44+,45+;;;/m1.../s1. The number of amides is 1. The highest BCUT2D eigenvalue weighted by Crippen LogP contribution is 2.45. The van der Waals surface area contributed by atoms with Crippen LogP contribution in [0.2, 0.25) is 0 Å². The minimum absolute atomic E-state index is 0. The fraction of sp³-hybridized carbons (Fsp3) is 0.889. The van der Waals surface area contributed by atoms with Gasteiger partial charge in [0.05, 0.1) is 37.0 Å². The lowest BCUT2D eigenvalue weighted by molar-refractivity contribution is -0.609. The molecule has 0 bridgehead atoms. The Hall–Kier alpha value is -1.38. The van der Waals surface area contributed by atoms with Crippen LogP contribution in [0, 0.1) is 5.92 Å². The molecule has 0 aromatic heterocycles. The van der Waals surface area contributed by atoms with Gasteiger partial charge in [0, 0.05) is 38.8 Å². The molecule has 60 heavy (non-hydrogen) atoms. The van der Waals surface area contributed by atoms with Crippen molar-refractivity contribution in [1.29, 1.82) is 0 Å². The summed E-state index contributed by atoms with van der Waals surface area (Å²) in [6, 6.07) is 0.391. The summed E-state index contributed by atoms with van der Waals surface area (Å²) < 4.78 is 22.1. The van der Waals surface area contributed by atoms with E-state index >= 15 is 0 Å². The van der Waals surface area contributed by atoms with Crippen LogP contribution in [0.25, 0.3) is 0 Å². The summed E-state index contributed by atoms with van der Waals surface area (Å²) in [5, 5.41) is 17.8. The first-order valence-corrected chi connectivity index (χ1v) is 23.5. The number of unbranched alkanes of at least 4 members (excludes halogenated alkanes) is 12. The van der Waals surface area contributed by atoms with Gasteiger partial charge in [0.15, 0.2) is 11.6 Å². The van der Waals surface area contributed by atoms with Crippen molar-refractivity contribution in [3.8, 4) is 0 Å². The lowest BCUT2D eigenvalue weighted by Gasteiger charge is -2.50. The van der Waals surface area contributed by atoms with E-state index in [1.807, 2.05) is 0 Å². The molecule has 5 aliphatic rings. The fourth-order valence-electron chi connectivity index (χ4n) is 10.3. The van der Waals surface area contributed by atoms with Gasteiger partial charge >= 0.3 is 11.9 Å². The van der Waals surface area contributed by atoms with Crippen molar-refractivity contribution in [2.24, 2.45) is 17.4 Å². The number of hydrogen-bond acceptors (Lipinski definition) is 10. The van der Waals surface area contributed by atoms with Crippen molar-refractivity contribution in [3.63, 3.8) is 0 Å². The van der Waals surface area contributed by atoms with Crippen LogP contribution < -0.4 is 34.5 Å². The second-order valence-corrected chi connectivity index (χ2v) is 17.9. The van der Waals surface area contributed by atoms with E-state index in [0.717, 1.165) is 95.9 Å². The van der Waals surface area contributed by atoms with Crippen LogP contribution in [-0.2, 0) is 23.8 Å². The number of aliphatic hydroxyl groups is 1. The van der Waals surface area contributed by atoms with Gasteiger partial charge < -0.3 is 48.1 Å². The molecule has 0 radical (unpaired) electrons. The molecule has 2 spiro atoms. The molecule has 0 aromatic rings. The molecule has 0 saturated carbocycles. The summed E-state index contributed by atoms with van der Waals surface area (Å²) in [7, 11) is 0. The number of allylic oxidation sites excluding steroid dienone is 1. The molecule has 15 heteroatoms. The predicted octanol–water partition coefficient (Wildman–Crippen LogP) is 3.96. The maximum Gasteiger partial charge on any atom is 0.350 e. The molecule has 5 heterocycles. The van der Waals surface area contributed by atoms with Gasteiger partial charge in [-0.3, -0.25) is 14.2 Å². The first-order chi connectivity index (χ1) is 27.7. The molecule has 2 saturated heterocycles. The van der Waals surface area contributed by atoms with Crippen LogP contribution in [0.3, 0.4) is 0 Å². The average molecular weight is 911 g/mol. The SMILES string of the molecule is CC[C@H]1C=CCC[C@@]2(C[C@@H]3CC[C@H]4[C@@H](C(=O)OCCCCCCCCCCCCCCCC(=O)N(CCCN)C[C@@H](O)CCN)[C@@]5(CCC[C@@H](C)O5)NC(=[N+]34)N2)O1.Cl.Cl.[Cl-]. The van der Waals surface area contributed by atoms with Gasteiger partial charge in [0.25, 0.3) is 0 Å². The second kappa shape index (κ2) is 28.4. The van der Waals surface area contributed by atoms with E-state index in [0.29, 0.717) is 51.7 Å². The number of esters is 1. The zero-order chi connectivity index (χ0) is 40.5. The Morgan fingerprint density at radius 2 is 1.58 bits per heavy atom. The zero-order valence-electron chi connectivity index (χ0n) is 37.1. The van der Waals surface area contributed by atoms with Crippen LogP contribution in [0.5, 0.6) is 0 Å². The quantitative estimate of drug-likeness (QED) is 0.0393. The van der Waals surface area contributed by atoms with Crippen molar-refractivity contribution in [2.75, 3.05) is 32.8 Å². The van der Waals surface area contributed by atoms with E-state index in [1.165, 1.54) is 57.8 Å². The third kappa shape index (κ3) is 15.7. The van der Waals surface area contributed by atoms with Crippen LogP contribution >= 0.6 is 24.8 Å². The van der Waals surface area contributed by atoms with Crippen LogP contribution in [0.4, 0.5) is 0 Å². The van der Waals surface area contributed by atoms with Crippen LogP contribution in [0.15, 0.2) is 12.2 Å². The lowest BCUT2D eigenvalue weighted by Crippen LogP contribution is -3.00. The summed E-state index contributed by atoms with van der Waals surface area (Å²) in [5.41, 5.74) is 10.0. The molecule has 2 fully saturated rings. The number of guanidine groups is 1. The number of rotatable bonds is 25. The van der Waals surface area contributed by atoms with Crippen LogP contribution in [0.1, 0.15) is 174 Å². The van der Waals surface area contributed by atoms with Crippen molar-refractivity contribution in [2.45, 2.75) is 216 Å². The fourth-order valence-corrected chi connectivity index (χ4v) is 10.3. The van der Waals surface area contributed by atoms with Gasteiger partial charge in [0.1, 0.15) is 0 Å². The number of hydrogen-bond donors (Lipinski definition) is 5. The van der Waals surface area contributed by atoms with Gasteiger partial charge in [-0.05, 0) is 84.2 Å². The molecule has 7 N–H and O–H groups in total. The Bertz CT molecular complexity index is 1320.